The molecule has 0 fully saturated rings. The third kappa shape index (κ3) is 11.8. The molecule has 5 heteroatoms. The van der Waals surface area contributed by atoms with E-state index in [1.165, 1.54) is 0 Å². The van der Waals surface area contributed by atoms with Gasteiger partial charge in [0.1, 0.15) is 18.2 Å². The standard InChI is InChI=1S/C24H35NO4/c1-6-7-8-9-11-14-19(2)17-21(25-23(27)29-24(3,4)5)22(26)28-18-20-15-12-10-13-16-20/h9-16,21H,6-8,17-18H2,1-5H3,(H,25,27)/b11-9-,19-14+. The van der Waals surface area contributed by atoms with Crippen LogP contribution in [0.4, 0.5) is 4.79 Å². The number of rotatable bonds is 10. The number of nitrogens with one attached hydrogen (secondary N) is 1. The SMILES string of the molecule is CCCC/C=C\C=C(/C)CC(NC(=O)OC(C)(C)C)C(=O)OCc1ccccc1. The number of ether oxygens (including phenoxy) is 2. The summed E-state index contributed by atoms with van der Waals surface area (Å²) in [4.78, 5) is 24.8. The number of unbranched alkanes of at least 4 members (excludes halogenated alkanes) is 2. The molecule has 1 amide bonds. The first-order valence-corrected chi connectivity index (χ1v) is 10.2. The number of hydrogen-bond donors (Lipinski definition) is 1. The van der Waals surface area contributed by atoms with E-state index in [1.807, 2.05) is 49.4 Å². The van der Waals surface area contributed by atoms with Crippen molar-refractivity contribution >= 4 is 12.1 Å². The van der Waals surface area contributed by atoms with Crippen LogP contribution in [-0.4, -0.2) is 23.7 Å². The van der Waals surface area contributed by atoms with Gasteiger partial charge < -0.3 is 14.8 Å². The van der Waals surface area contributed by atoms with Crippen LogP contribution in [0, 0.1) is 0 Å². The first kappa shape index (κ1) is 24.5. The van der Waals surface area contributed by atoms with Gasteiger partial charge in [-0.15, -0.1) is 0 Å². The third-order valence-electron chi connectivity index (χ3n) is 3.97. The molecular weight excluding hydrogens is 366 g/mol. The summed E-state index contributed by atoms with van der Waals surface area (Å²) < 4.78 is 10.7. The van der Waals surface area contributed by atoms with Crippen LogP contribution < -0.4 is 5.32 Å². The Hall–Kier alpha value is -2.56. The zero-order valence-electron chi connectivity index (χ0n) is 18.4. The number of carbonyl (C=O) groups excluding carboxylic acids is 2. The lowest BCUT2D eigenvalue weighted by atomic mass is 10.1. The van der Waals surface area contributed by atoms with Crippen molar-refractivity contribution in [2.45, 2.75) is 78.6 Å². The van der Waals surface area contributed by atoms with Crippen molar-refractivity contribution < 1.29 is 19.1 Å². The van der Waals surface area contributed by atoms with E-state index in [0.29, 0.717) is 6.42 Å². The zero-order chi connectivity index (χ0) is 21.7. The number of alkyl carbamates (subject to hydrolysis) is 1. The maximum absolute atomic E-state index is 12.6. The molecule has 5 nitrogen and oxygen atoms in total. The molecule has 1 unspecified atom stereocenters. The average Bonchev–Trinajstić information content (AvgIpc) is 2.64. The molecule has 160 valence electrons. The second-order valence-electron chi connectivity index (χ2n) is 8.08. The average molecular weight is 402 g/mol. The van der Waals surface area contributed by atoms with Crippen molar-refractivity contribution in [1.29, 1.82) is 0 Å². The van der Waals surface area contributed by atoms with E-state index in [2.05, 4.69) is 18.3 Å². The largest absolute Gasteiger partial charge is 0.459 e. The first-order valence-electron chi connectivity index (χ1n) is 10.2. The predicted octanol–water partition coefficient (Wildman–Crippen LogP) is 5.71. The molecule has 0 aromatic heterocycles. The van der Waals surface area contributed by atoms with Gasteiger partial charge in [-0.05, 0) is 46.1 Å². The highest BCUT2D eigenvalue weighted by molar-refractivity contribution is 5.81. The highest BCUT2D eigenvalue weighted by Crippen LogP contribution is 2.12. The topological polar surface area (TPSA) is 64.6 Å². The van der Waals surface area contributed by atoms with Crippen LogP contribution in [0.1, 0.15) is 65.9 Å². The van der Waals surface area contributed by atoms with Crippen molar-refractivity contribution in [3.8, 4) is 0 Å². The van der Waals surface area contributed by atoms with Gasteiger partial charge in [-0.1, -0.05) is 73.9 Å². The van der Waals surface area contributed by atoms with E-state index in [1.54, 1.807) is 20.8 Å². The lowest BCUT2D eigenvalue weighted by Crippen LogP contribution is -2.44. The van der Waals surface area contributed by atoms with Crippen molar-refractivity contribution in [3.63, 3.8) is 0 Å². The van der Waals surface area contributed by atoms with Crippen LogP contribution in [0.5, 0.6) is 0 Å². The predicted molar refractivity (Wildman–Crippen MR) is 116 cm³/mol. The van der Waals surface area contributed by atoms with E-state index in [9.17, 15) is 9.59 Å². The quantitative estimate of drug-likeness (QED) is 0.310. The Morgan fingerprint density at radius 1 is 1.17 bits per heavy atom. The van der Waals surface area contributed by atoms with Crippen LogP contribution in [0.15, 0.2) is 54.1 Å². The van der Waals surface area contributed by atoms with E-state index in [-0.39, 0.29) is 6.61 Å². The molecule has 0 heterocycles. The lowest BCUT2D eigenvalue weighted by molar-refractivity contribution is -0.147. The van der Waals surface area contributed by atoms with Gasteiger partial charge in [-0.25, -0.2) is 9.59 Å². The van der Waals surface area contributed by atoms with Gasteiger partial charge in [0.05, 0.1) is 0 Å². The minimum Gasteiger partial charge on any atom is -0.459 e. The maximum atomic E-state index is 12.6. The van der Waals surface area contributed by atoms with E-state index in [0.717, 1.165) is 30.4 Å². The van der Waals surface area contributed by atoms with E-state index in [4.69, 9.17) is 9.47 Å². The van der Waals surface area contributed by atoms with Crippen LogP contribution in [0.2, 0.25) is 0 Å². The first-order chi connectivity index (χ1) is 13.7. The third-order valence-corrected chi connectivity index (χ3v) is 3.97. The van der Waals surface area contributed by atoms with Crippen LogP contribution >= 0.6 is 0 Å². The summed E-state index contributed by atoms with van der Waals surface area (Å²) >= 11 is 0. The number of hydrogen-bond acceptors (Lipinski definition) is 4. The molecule has 0 saturated heterocycles. The Labute approximate surface area is 175 Å². The van der Waals surface area contributed by atoms with Gasteiger partial charge in [-0.3, -0.25) is 0 Å². The van der Waals surface area contributed by atoms with Crippen LogP contribution in [0.25, 0.3) is 0 Å². The number of allylic oxidation sites excluding steroid dienone is 3. The molecular formula is C24H35NO4. The second-order valence-corrected chi connectivity index (χ2v) is 8.08. The summed E-state index contributed by atoms with van der Waals surface area (Å²) in [5, 5.41) is 2.65. The van der Waals surface area contributed by atoms with E-state index < -0.39 is 23.7 Å². The van der Waals surface area contributed by atoms with Gasteiger partial charge in [0.2, 0.25) is 0 Å². The van der Waals surface area contributed by atoms with Gasteiger partial charge in [0.25, 0.3) is 0 Å². The molecule has 0 spiro atoms. The van der Waals surface area contributed by atoms with Gasteiger partial charge >= 0.3 is 12.1 Å². The Kier molecular flexibility index (Phi) is 10.8. The van der Waals surface area contributed by atoms with Gasteiger partial charge in [0, 0.05) is 0 Å². The smallest absolute Gasteiger partial charge is 0.408 e. The molecule has 29 heavy (non-hydrogen) atoms. The minimum atomic E-state index is -0.811. The monoisotopic (exact) mass is 401 g/mol. The Bertz CT molecular complexity index is 687. The van der Waals surface area contributed by atoms with E-state index >= 15 is 0 Å². The lowest BCUT2D eigenvalue weighted by Gasteiger charge is -2.23. The summed E-state index contributed by atoms with van der Waals surface area (Å²) in [5.74, 6) is -0.484. The fraction of sp³-hybridized carbons (Fsp3) is 0.500. The zero-order valence-corrected chi connectivity index (χ0v) is 18.4. The minimum absolute atomic E-state index is 0.159. The van der Waals surface area contributed by atoms with Crippen molar-refractivity contribution in [2.24, 2.45) is 0 Å². The molecule has 1 aromatic carbocycles. The molecule has 0 bridgehead atoms. The molecule has 0 saturated carbocycles. The van der Waals surface area contributed by atoms with Crippen molar-refractivity contribution in [2.75, 3.05) is 0 Å². The van der Waals surface area contributed by atoms with Crippen molar-refractivity contribution in [1.82, 2.24) is 5.32 Å². The van der Waals surface area contributed by atoms with Crippen LogP contribution in [-0.2, 0) is 20.9 Å². The summed E-state index contributed by atoms with van der Waals surface area (Å²) in [6.45, 7) is 9.58. The van der Waals surface area contributed by atoms with Crippen LogP contribution in [0.3, 0.4) is 0 Å². The van der Waals surface area contributed by atoms with Gasteiger partial charge in [-0.2, -0.15) is 0 Å². The fourth-order valence-electron chi connectivity index (χ4n) is 2.51. The molecule has 1 N–H and O–H groups in total. The number of amides is 1. The molecule has 0 aliphatic heterocycles. The number of carbonyl (C=O) groups is 2. The normalized spacial score (nSPS) is 13.2. The molecule has 1 aromatic rings. The number of esters is 1. The van der Waals surface area contributed by atoms with Crippen molar-refractivity contribution in [3.05, 3.63) is 59.7 Å². The highest BCUT2D eigenvalue weighted by Gasteiger charge is 2.25. The molecule has 1 rings (SSSR count). The Balaban J connectivity index is 2.75. The summed E-state index contributed by atoms with van der Waals surface area (Å²) in [7, 11) is 0. The molecule has 0 aliphatic carbocycles. The Morgan fingerprint density at radius 2 is 1.86 bits per heavy atom. The fourth-order valence-corrected chi connectivity index (χ4v) is 2.51. The molecule has 0 radical (unpaired) electrons. The summed E-state index contributed by atoms with van der Waals surface area (Å²) in [5.41, 5.74) is 1.22. The molecule has 1 atom stereocenters. The molecule has 0 aliphatic rings. The second kappa shape index (κ2) is 12.8. The summed E-state index contributed by atoms with van der Waals surface area (Å²) in [6.07, 6.45) is 9.11. The maximum Gasteiger partial charge on any atom is 0.408 e. The summed E-state index contributed by atoms with van der Waals surface area (Å²) in [6, 6.07) is 8.63. The van der Waals surface area contributed by atoms with Gasteiger partial charge in [0.15, 0.2) is 0 Å². The highest BCUT2D eigenvalue weighted by atomic mass is 16.6. The number of benzene rings is 1. The Morgan fingerprint density at radius 3 is 2.48 bits per heavy atom.